The molecule has 1 heterocycles. The predicted octanol–water partition coefficient (Wildman–Crippen LogP) is 1.16. The monoisotopic (exact) mass is 247 g/mol. The quantitative estimate of drug-likeness (QED) is 0.839. The average Bonchev–Trinajstić information content (AvgIpc) is 2.39. The molecule has 1 atom stereocenters. The van der Waals surface area contributed by atoms with Crippen LogP contribution in [-0.2, 0) is 6.42 Å². The number of nitrogens with zero attached hydrogens (tertiary/aromatic N) is 1. The summed E-state index contributed by atoms with van der Waals surface area (Å²) in [5, 5.41) is 3.40. The summed E-state index contributed by atoms with van der Waals surface area (Å²) in [6, 6.07) is 8.77. The van der Waals surface area contributed by atoms with E-state index in [1.54, 1.807) is 0 Å². The fourth-order valence-electron chi connectivity index (χ4n) is 2.78. The molecule has 0 aromatic heterocycles. The Morgan fingerprint density at radius 1 is 1.33 bits per heavy atom. The second-order valence-electron chi connectivity index (χ2n) is 5.60. The van der Waals surface area contributed by atoms with Gasteiger partial charge in [0.25, 0.3) is 0 Å². The molecule has 1 aromatic rings. The first kappa shape index (κ1) is 13.5. The fraction of sp³-hybridized carbons (Fsp3) is 0.600. The summed E-state index contributed by atoms with van der Waals surface area (Å²) in [5.41, 5.74) is 8.86. The zero-order chi connectivity index (χ0) is 13.0. The third-order valence-corrected chi connectivity index (χ3v) is 3.99. The van der Waals surface area contributed by atoms with Gasteiger partial charge in [-0.25, -0.2) is 0 Å². The molecule has 0 aliphatic carbocycles. The van der Waals surface area contributed by atoms with Gasteiger partial charge in [-0.05, 0) is 25.8 Å². The summed E-state index contributed by atoms with van der Waals surface area (Å²) in [5.74, 6) is 0. The van der Waals surface area contributed by atoms with Crippen LogP contribution >= 0.6 is 0 Å². The summed E-state index contributed by atoms with van der Waals surface area (Å²) in [6.07, 6.45) is 1.03. The van der Waals surface area contributed by atoms with Gasteiger partial charge in [0.05, 0.1) is 0 Å². The zero-order valence-electron chi connectivity index (χ0n) is 11.6. The first-order valence-electron chi connectivity index (χ1n) is 6.85. The molecule has 0 amide bonds. The van der Waals surface area contributed by atoms with E-state index in [0.29, 0.717) is 6.54 Å². The van der Waals surface area contributed by atoms with Crippen LogP contribution in [0.5, 0.6) is 0 Å². The Labute approximate surface area is 110 Å². The Morgan fingerprint density at radius 3 is 2.67 bits per heavy atom. The fourth-order valence-corrected chi connectivity index (χ4v) is 2.78. The number of benzene rings is 1. The first-order chi connectivity index (χ1) is 8.64. The molecule has 1 fully saturated rings. The van der Waals surface area contributed by atoms with E-state index in [1.807, 2.05) is 0 Å². The van der Waals surface area contributed by atoms with E-state index in [2.05, 4.69) is 48.3 Å². The Morgan fingerprint density at radius 2 is 2.06 bits per heavy atom. The van der Waals surface area contributed by atoms with Crippen molar-refractivity contribution in [3.8, 4) is 0 Å². The van der Waals surface area contributed by atoms with Crippen molar-refractivity contribution in [1.82, 2.24) is 10.2 Å². The van der Waals surface area contributed by atoms with Crippen LogP contribution < -0.4 is 11.1 Å². The van der Waals surface area contributed by atoms with E-state index in [-0.39, 0.29) is 5.54 Å². The van der Waals surface area contributed by atoms with Gasteiger partial charge in [0.15, 0.2) is 0 Å². The molecule has 0 spiro atoms. The lowest BCUT2D eigenvalue weighted by Gasteiger charge is -2.43. The van der Waals surface area contributed by atoms with Crippen LogP contribution in [0, 0.1) is 6.92 Å². The normalized spacial score (nSPS) is 20.6. The molecule has 2 rings (SSSR count). The number of hydrogen-bond acceptors (Lipinski definition) is 3. The summed E-state index contributed by atoms with van der Waals surface area (Å²) in [4.78, 5) is 2.53. The maximum atomic E-state index is 6.06. The van der Waals surface area contributed by atoms with Gasteiger partial charge >= 0.3 is 0 Å². The van der Waals surface area contributed by atoms with E-state index in [9.17, 15) is 0 Å². The Hall–Kier alpha value is -0.900. The highest BCUT2D eigenvalue weighted by Gasteiger charge is 2.31. The number of rotatable bonds is 4. The second-order valence-corrected chi connectivity index (χ2v) is 5.60. The third-order valence-electron chi connectivity index (χ3n) is 3.99. The van der Waals surface area contributed by atoms with Gasteiger partial charge < -0.3 is 11.1 Å². The lowest BCUT2D eigenvalue weighted by atomic mass is 9.89. The molecule has 1 saturated heterocycles. The van der Waals surface area contributed by atoms with E-state index < -0.39 is 0 Å². The van der Waals surface area contributed by atoms with Gasteiger partial charge in [-0.3, -0.25) is 4.90 Å². The average molecular weight is 247 g/mol. The smallest absolute Gasteiger partial charge is 0.0344 e. The van der Waals surface area contributed by atoms with Crippen molar-refractivity contribution in [2.45, 2.75) is 25.8 Å². The highest BCUT2D eigenvalue weighted by Crippen LogP contribution is 2.21. The van der Waals surface area contributed by atoms with Crippen molar-refractivity contribution < 1.29 is 0 Å². The van der Waals surface area contributed by atoms with E-state index >= 15 is 0 Å². The van der Waals surface area contributed by atoms with Crippen molar-refractivity contribution in [2.24, 2.45) is 5.73 Å². The van der Waals surface area contributed by atoms with Crippen LogP contribution in [0.15, 0.2) is 24.3 Å². The van der Waals surface area contributed by atoms with Crippen LogP contribution in [0.3, 0.4) is 0 Å². The van der Waals surface area contributed by atoms with Crippen LogP contribution in [0.25, 0.3) is 0 Å². The molecule has 1 aliphatic rings. The molecule has 1 aliphatic heterocycles. The molecule has 3 nitrogen and oxygen atoms in total. The molecule has 0 radical (unpaired) electrons. The van der Waals surface area contributed by atoms with Crippen molar-refractivity contribution in [3.05, 3.63) is 35.4 Å². The number of piperazine rings is 1. The lowest BCUT2D eigenvalue weighted by molar-refractivity contribution is 0.0946. The Balaban J connectivity index is 2.11. The highest BCUT2D eigenvalue weighted by atomic mass is 15.2. The van der Waals surface area contributed by atoms with Gasteiger partial charge in [-0.15, -0.1) is 0 Å². The summed E-state index contributed by atoms with van der Waals surface area (Å²) >= 11 is 0. The zero-order valence-corrected chi connectivity index (χ0v) is 11.6. The molecule has 1 unspecified atom stereocenters. The SMILES string of the molecule is Cc1cccc(CC(C)(CN)N2CCNCC2)c1. The molecule has 0 saturated carbocycles. The van der Waals surface area contributed by atoms with Gasteiger partial charge in [-0.2, -0.15) is 0 Å². The van der Waals surface area contributed by atoms with Crippen LogP contribution in [0.4, 0.5) is 0 Å². The number of hydrogen-bond donors (Lipinski definition) is 2. The topological polar surface area (TPSA) is 41.3 Å². The van der Waals surface area contributed by atoms with Crippen molar-refractivity contribution >= 4 is 0 Å². The first-order valence-corrected chi connectivity index (χ1v) is 6.85. The largest absolute Gasteiger partial charge is 0.329 e. The molecule has 1 aromatic carbocycles. The van der Waals surface area contributed by atoms with Crippen molar-refractivity contribution in [3.63, 3.8) is 0 Å². The summed E-state index contributed by atoms with van der Waals surface area (Å²) < 4.78 is 0. The molecule has 100 valence electrons. The minimum Gasteiger partial charge on any atom is -0.329 e. The standard InChI is InChI=1S/C15H25N3/c1-13-4-3-5-14(10-13)11-15(2,12-16)18-8-6-17-7-9-18/h3-5,10,17H,6-9,11-12,16H2,1-2H3. The van der Waals surface area contributed by atoms with Gasteiger partial charge in [0.1, 0.15) is 0 Å². The third kappa shape index (κ3) is 3.10. The molecular formula is C15H25N3. The summed E-state index contributed by atoms with van der Waals surface area (Å²) in [7, 11) is 0. The molecule has 18 heavy (non-hydrogen) atoms. The minimum absolute atomic E-state index is 0.0793. The predicted molar refractivity (Wildman–Crippen MR) is 76.8 cm³/mol. The van der Waals surface area contributed by atoms with Crippen LogP contribution in [0.1, 0.15) is 18.1 Å². The number of aryl methyl sites for hydroxylation is 1. The van der Waals surface area contributed by atoms with Gasteiger partial charge in [-0.1, -0.05) is 29.8 Å². The Bertz CT molecular complexity index is 385. The van der Waals surface area contributed by atoms with Crippen molar-refractivity contribution in [2.75, 3.05) is 32.7 Å². The van der Waals surface area contributed by atoms with E-state index in [4.69, 9.17) is 5.73 Å². The molecule has 0 bridgehead atoms. The van der Waals surface area contributed by atoms with E-state index in [1.165, 1.54) is 11.1 Å². The molecule has 3 heteroatoms. The maximum Gasteiger partial charge on any atom is 0.0344 e. The van der Waals surface area contributed by atoms with Gasteiger partial charge in [0, 0.05) is 38.3 Å². The Kier molecular flexibility index (Phi) is 4.38. The highest BCUT2D eigenvalue weighted by molar-refractivity contribution is 5.24. The van der Waals surface area contributed by atoms with Gasteiger partial charge in [0.2, 0.25) is 0 Å². The minimum atomic E-state index is 0.0793. The second kappa shape index (κ2) is 5.83. The maximum absolute atomic E-state index is 6.06. The lowest BCUT2D eigenvalue weighted by Crippen LogP contribution is -2.59. The molecular weight excluding hydrogens is 222 g/mol. The molecule has 3 N–H and O–H groups in total. The van der Waals surface area contributed by atoms with Crippen molar-refractivity contribution in [1.29, 1.82) is 0 Å². The summed E-state index contributed by atoms with van der Waals surface area (Å²) in [6.45, 7) is 9.49. The van der Waals surface area contributed by atoms with Crippen LogP contribution in [0.2, 0.25) is 0 Å². The van der Waals surface area contributed by atoms with Crippen LogP contribution in [-0.4, -0.2) is 43.2 Å². The number of nitrogens with one attached hydrogen (secondary N) is 1. The van der Waals surface area contributed by atoms with E-state index in [0.717, 1.165) is 32.6 Å². The number of nitrogens with two attached hydrogens (primary N) is 1.